The smallest absolute Gasteiger partial charge is 0.244 e. The van der Waals surface area contributed by atoms with E-state index in [-0.39, 0.29) is 11.8 Å². The summed E-state index contributed by atoms with van der Waals surface area (Å²) in [5.41, 5.74) is -0.726. The number of carbonyl (C=O) groups is 2. The van der Waals surface area contributed by atoms with Crippen molar-refractivity contribution in [1.82, 2.24) is 5.32 Å². The Morgan fingerprint density at radius 2 is 1.29 bits per heavy atom. The lowest BCUT2D eigenvalue weighted by Gasteiger charge is -2.64. The first kappa shape index (κ1) is 12.8. The molecule has 0 aromatic heterocycles. The molecule has 4 bridgehead atoms. The van der Waals surface area contributed by atoms with Gasteiger partial charge in [0.15, 0.2) is 0 Å². The monoisotopic (exact) mass is 283 g/mol. The molecule has 0 radical (unpaired) electrons. The molecule has 5 fully saturated rings. The average molecular weight is 283 g/mol. The Labute approximate surface area is 123 Å². The van der Waals surface area contributed by atoms with E-state index in [2.05, 4.69) is 17.5 Å². The first-order chi connectivity index (χ1) is 10.1. The van der Waals surface area contributed by atoms with Crippen LogP contribution in [0.5, 0.6) is 0 Å². The number of rotatable bonds is 0. The van der Waals surface area contributed by atoms with Gasteiger partial charge < -0.3 is 0 Å². The van der Waals surface area contributed by atoms with Crippen molar-refractivity contribution >= 4 is 11.8 Å². The number of piperidine rings is 1. The molecular formula is C16H17N3O2. The number of hydrogen-bond acceptors (Lipinski definition) is 4. The largest absolute Gasteiger partial charge is 0.294 e. The molecule has 1 N–H and O–H groups in total. The normalized spacial score (nSPS) is 46.0. The lowest BCUT2D eigenvalue weighted by Crippen LogP contribution is -2.67. The third-order valence-electron chi connectivity index (χ3n) is 6.58. The Hall–Kier alpha value is -1.88. The van der Waals surface area contributed by atoms with Gasteiger partial charge in [-0.1, -0.05) is 0 Å². The van der Waals surface area contributed by atoms with E-state index >= 15 is 0 Å². The van der Waals surface area contributed by atoms with Gasteiger partial charge in [-0.25, -0.2) is 0 Å². The lowest BCUT2D eigenvalue weighted by molar-refractivity contribution is -0.180. The van der Waals surface area contributed by atoms with Crippen LogP contribution in [-0.4, -0.2) is 11.8 Å². The van der Waals surface area contributed by atoms with Crippen molar-refractivity contribution in [1.29, 1.82) is 10.5 Å². The van der Waals surface area contributed by atoms with Crippen molar-refractivity contribution in [2.45, 2.75) is 32.1 Å². The summed E-state index contributed by atoms with van der Waals surface area (Å²) in [7, 11) is 0. The summed E-state index contributed by atoms with van der Waals surface area (Å²) in [6, 6.07) is 4.28. The Kier molecular flexibility index (Phi) is 2.49. The molecule has 2 amide bonds. The van der Waals surface area contributed by atoms with Gasteiger partial charge in [0.1, 0.15) is 11.8 Å². The molecule has 0 unspecified atom stereocenters. The summed E-state index contributed by atoms with van der Waals surface area (Å²) in [6.07, 6.45) is 5.15. The Morgan fingerprint density at radius 1 is 0.857 bits per heavy atom. The van der Waals surface area contributed by atoms with Gasteiger partial charge in [0, 0.05) is 5.41 Å². The minimum atomic E-state index is -0.852. The zero-order valence-electron chi connectivity index (χ0n) is 11.7. The highest BCUT2D eigenvalue weighted by Crippen LogP contribution is 2.67. The number of nitrogens with zero attached hydrogens (tertiary/aromatic N) is 2. The molecule has 5 nitrogen and oxygen atoms in total. The molecule has 21 heavy (non-hydrogen) atoms. The topological polar surface area (TPSA) is 93.8 Å². The molecule has 108 valence electrons. The second kappa shape index (κ2) is 4.07. The van der Waals surface area contributed by atoms with Gasteiger partial charge in [-0.2, -0.15) is 10.5 Å². The first-order valence-electron chi connectivity index (χ1n) is 7.75. The highest BCUT2D eigenvalue weighted by molar-refractivity contribution is 6.03. The molecule has 1 aliphatic heterocycles. The minimum Gasteiger partial charge on any atom is -0.294 e. The van der Waals surface area contributed by atoms with Crippen molar-refractivity contribution in [2.75, 3.05) is 0 Å². The molecule has 5 aliphatic rings. The van der Waals surface area contributed by atoms with E-state index < -0.39 is 29.1 Å². The molecule has 4 aliphatic carbocycles. The predicted octanol–water partition coefficient (Wildman–Crippen LogP) is 1.36. The van der Waals surface area contributed by atoms with Crippen molar-refractivity contribution in [3.8, 4) is 12.1 Å². The molecule has 1 heterocycles. The summed E-state index contributed by atoms with van der Waals surface area (Å²) in [5.74, 6) is -0.988. The third-order valence-corrected chi connectivity index (χ3v) is 6.58. The maximum absolute atomic E-state index is 12.2. The van der Waals surface area contributed by atoms with E-state index in [1.807, 2.05) is 0 Å². The summed E-state index contributed by atoms with van der Waals surface area (Å²) in [5, 5.41) is 21.4. The van der Waals surface area contributed by atoms with Crippen molar-refractivity contribution in [3.63, 3.8) is 0 Å². The molecule has 4 saturated carbocycles. The number of carbonyl (C=O) groups excluding carboxylic acids is 2. The molecule has 1 saturated heterocycles. The fourth-order valence-corrected chi connectivity index (χ4v) is 6.17. The SMILES string of the molecule is N#C[C@@H]1C(=O)NC(=O)[C@@H](C#N)C12C1CC3CC(C1)CC2C3. The van der Waals surface area contributed by atoms with E-state index in [1.54, 1.807) is 0 Å². The van der Waals surface area contributed by atoms with Crippen LogP contribution in [-0.2, 0) is 9.59 Å². The molecule has 0 aromatic carbocycles. The van der Waals surface area contributed by atoms with E-state index in [0.717, 1.165) is 25.7 Å². The predicted molar refractivity (Wildman–Crippen MR) is 70.8 cm³/mol. The average Bonchev–Trinajstić information content (AvgIpc) is 2.43. The number of imide groups is 1. The Morgan fingerprint density at radius 3 is 1.67 bits per heavy atom. The Bertz CT molecular complexity index is 550. The quantitative estimate of drug-likeness (QED) is 0.679. The first-order valence-corrected chi connectivity index (χ1v) is 7.75. The lowest BCUT2D eigenvalue weighted by atomic mass is 9.39. The second-order valence-corrected chi connectivity index (χ2v) is 7.28. The highest BCUT2D eigenvalue weighted by Gasteiger charge is 2.68. The fraction of sp³-hybridized carbons (Fsp3) is 0.750. The highest BCUT2D eigenvalue weighted by atomic mass is 16.2. The van der Waals surface area contributed by atoms with Crippen LogP contribution in [0.2, 0.25) is 0 Å². The van der Waals surface area contributed by atoms with Gasteiger partial charge in [-0.15, -0.1) is 0 Å². The summed E-state index contributed by atoms with van der Waals surface area (Å²) in [6.45, 7) is 0. The van der Waals surface area contributed by atoms with E-state index in [9.17, 15) is 20.1 Å². The van der Waals surface area contributed by atoms with Crippen LogP contribution in [0.1, 0.15) is 32.1 Å². The van der Waals surface area contributed by atoms with Crippen LogP contribution < -0.4 is 5.32 Å². The maximum Gasteiger partial charge on any atom is 0.244 e. The van der Waals surface area contributed by atoms with Gasteiger partial charge in [0.05, 0.1) is 12.1 Å². The summed E-state index contributed by atoms with van der Waals surface area (Å²) >= 11 is 0. The zero-order chi connectivity index (χ0) is 14.8. The van der Waals surface area contributed by atoms with Crippen LogP contribution >= 0.6 is 0 Å². The van der Waals surface area contributed by atoms with E-state index in [1.165, 1.54) is 6.42 Å². The minimum absolute atomic E-state index is 0.179. The van der Waals surface area contributed by atoms with Crippen molar-refractivity contribution < 1.29 is 9.59 Å². The third kappa shape index (κ3) is 1.39. The molecule has 5 rings (SSSR count). The number of nitrogens with one attached hydrogen (secondary N) is 1. The van der Waals surface area contributed by atoms with E-state index in [0.29, 0.717) is 11.8 Å². The van der Waals surface area contributed by atoms with Gasteiger partial charge in [-0.05, 0) is 55.8 Å². The number of amides is 2. The van der Waals surface area contributed by atoms with Crippen LogP contribution in [0.4, 0.5) is 0 Å². The zero-order valence-corrected chi connectivity index (χ0v) is 11.7. The van der Waals surface area contributed by atoms with Crippen molar-refractivity contribution in [2.24, 2.45) is 40.9 Å². The van der Waals surface area contributed by atoms with Gasteiger partial charge in [0.2, 0.25) is 11.8 Å². The van der Waals surface area contributed by atoms with Crippen LogP contribution in [0.15, 0.2) is 0 Å². The molecule has 2 atom stereocenters. The van der Waals surface area contributed by atoms with Crippen LogP contribution in [0.25, 0.3) is 0 Å². The van der Waals surface area contributed by atoms with Gasteiger partial charge >= 0.3 is 0 Å². The van der Waals surface area contributed by atoms with E-state index in [4.69, 9.17) is 0 Å². The van der Waals surface area contributed by atoms with Crippen LogP contribution in [0, 0.1) is 63.6 Å². The number of nitriles is 2. The van der Waals surface area contributed by atoms with Gasteiger partial charge in [0.25, 0.3) is 0 Å². The summed E-state index contributed by atoms with van der Waals surface area (Å²) in [4.78, 5) is 24.5. The summed E-state index contributed by atoms with van der Waals surface area (Å²) < 4.78 is 0. The Balaban J connectivity index is 1.89. The number of hydrogen-bond donors (Lipinski definition) is 1. The molecule has 0 aromatic rings. The maximum atomic E-state index is 12.2. The molecule has 1 spiro atoms. The van der Waals surface area contributed by atoms with Crippen molar-refractivity contribution in [3.05, 3.63) is 0 Å². The fourth-order valence-electron chi connectivity index (χ4n) is 6.17. The molecule has 5 heteroatoms. The second-order valence-electron chi connectivity index (χ2n) is 7.28. The molecular weight excluding hydrogens is 266 g/mol. The standard InChI is InChI=1S/C16H17N3O2/c17-6-12-14(20)19-15(21)13(7-18)16(12)10-2-8-1-9(4-10)5-11(16)3-8/h8-13H,1-5H2,(H,19,20,21)/t8?,9?,10?,11?,12-,13-/m1/s1. The van der Waals surface area contributed by atoms with Gasteiger partial charge in [-0.3, -0.25) is 14.9 Å². The van der Waals surface area contributed by atoms with Crippen LogP contribution in [0.3, 0.4) is 0 Å².